The Morgan fingerprint density at radius 3 is 1.69 bits per heavy atom. The molecule has 0 heterocycles. The molecule has 2 aromatic rings. The number of hydrogen-bond donors (Lipinski definition) is 12. The number of aromatic hydroxyl groups is 1. The third-order valence-electron chi connectivity index (χ3n) is 9.11. The van der Waals surface area contributed by atoms with E-state index in [1.165, 1.54) is 19.1 Å². The van der Waals surface area contributed by atoms with E-state index >= 15 is 0 Å². The topological polar surface area (TPSA) is 342 Å². The van der Waals surface area contributed by atoms with Crippen molar-refractivity contribution in [2.75, 3.05) is 13.2 Å². The lowest BCUT2D eigenvalue weighted by molar-refractivity contribution is -0.143. The fourth-order valence-corrected chi connectivity index (χ4v) is 5.42. The molecule has 20 heteroatoms. The van der Waals surface area contributed by atoms with Crippen LogP contribution >= 0.6 is 0 Å². The van der Waals surface area contributed by atoms with Gasteiger partial charge in [0, 0.05) is 12.8 Å². The molecule has 0 saturated heterocycles. The second kappa shape index (κ2) is 23.8. The van der Waals surface area contributed by atoms with Crippen LogP contribution in [0, 0.1) is 5.92 Å². The van der Waals surface area contributed by atoms with Crippen LogP contribution in [0.1, 0.15) is 51.2 Å². The van der Waals surface area contributed by atoms with Gasteiger partial charge in [-0.2, -0.15) is 0 Å². The fourth-order valence-electron chi connectivity index (χ4n) is 5.42. The van der Waals surface area contributed by atoms with Gasteiger partial charge in [0.05, 0.1) is 19.3 Å². The van der Waals surface area contributed by atoms with E-state index in [0.717, 1.165) is 0 Å². The Kier molecular flexibility index (Phi) is 19.7. The van der Waals surface area contributed by atoms with Gasteiger partial charge in [-0.15, -0.1) is 0 Å². The molecule has 0 aliphatic rings. The number of aliphatic hydroxyl groups excluding tert-OH is 2. The van der Waals surface area contributed by atoms with Crippen LogP contribution in [0.3, 0.4) is 0 Å². The molecule has 2 rings (SSSR count). The maximum Gasteiger partial charge on any atom is 0.328 e. The third-order valence-corrected chi connectivity index (χ3v) is 9.11. The number of carboxylic acids is 1. The minimum Gasteiger partial charge on any atom is -0.508 e. The fraction of sp³-hybridized carbons (Fsp3) is 0.474. The molecule has 7 amide bonds. The van der Waals surface area contributed by atoms with Crippen molar-refractivity contribution < 1.29 is 58.8 Å². The minimum atomic E-state index is -1.71. The van der Waals surface area contributed by atoms with E-state index in [1.807, 2.05) is 0 Å². The van der Waals surface area contributed by atoms with Gasteiger partial charge in [0.1, 0.15) is 42.0 Å². The molecule has 0 bridgehead atoms. The molecule has 0 unspecified atom stereocenters. The third kappa shape index (κ3) is 15.8. The van der Waals surface area contributed by atoms with Crippen molar-refractivity contribution in [3.05, 3.63) is 65.7 Å². The normalized spacial score (nSPS) is 15.1. The number of nitrogens with one attached hydrogen (secondary N) is 6. The summed E-state index contributed by atoms with van der Waals surface area (Å²) in [6.07, 6.45) is -0.460. The molecule has 20 nitrogen and oxygen atoms in total. The monoisotopic (exact) mass is 814 g/mol. The number of phenolic OH excluding ortho intramolecular Hbond substituents is 1. The largest absolute Gasteiger partial charge is 0.508 e. The molecule has 0 aliphatic heterocycles. The lowest BCUT2D eigenvalue weighted by Crippen LogP contribution is -2.61. The Morgan fingerprint density at radius 1 is 0.621 bits per heavy atom. The van der Waals surface area contributed by atoms with Crippen molar-refractivity contribution in [2.45, 2.75) is 95.2 Å². The summed E-state index contributed by atoms with van der Waals surface area (Å²) < 4.78 is 0. The lowest BCUT2D eigenvalue weighted by Gasteiger charge is -2.28. The van der Waals surface area contributed by atoms with Gasteiger partial charge in [0.25, 0.3) is 0 Å². The van der Waals surface area contributed by atoms with Gasteiger partial charge < -0.3 is 63.8 Å². The number of primary amides is 1. The van der Waals surface area contributed by atoms with Gasteiger partial charge in [-0.3, -0.25) is 33.6 Å². The molecule has 318 valence electrons. The summed E-state index contributed by atoms with van der Waals surface area (Å²) >= 11 is 0. The van der Waals surface area contributed by atoms with Crippen molar-refractivity contribution in [2.24, 2.45) is 17.4 Å². The first-order chi connectivity index (χ1) is 27.4. The Labute approximate surface area is 334 Å². The minimum absolute atomic E-state index is 0.0339. The van der Waals surface area contributed by atoms with E-state index in [1.54, 1.807) is 56.3 Å². The summed E-state index contributed by atoms with van der Waals surface area (Å²) in [7, 11) is 0. The first kappa shape index (κ1) is 48.0. The predicted octanol–water partition coefficient (Wildman–Crippen LogP) is -3.19. The van der Waals surface area contributed by atoms with E-state index in [9.17, 15) is 58.8 Å². The van der Waals surface area contributed by atoms with Gasteiger partial charge in [0.15, 0.2) is 0 Å². The molecule has 0 radical (unpaired) electrons. The maximum atomic E-state index is 13.8. The molecule has 0 saturated carbocycles. The van der Waals surface area contributed by atoms with Crippen LogP contribution in [0.25, 0.3) is 0 Å². The molecule has 2 aromatic carbocycles. The summed E-state index contributed by atoms with van der Waals surface area (Å²) in [5.41, 5.74) is 12.6. The molecular weight excluding hydrogens is 760 g/mol. The van der Waals surface area contributed by atoms with Gasteiger partial charge in [-0.25, -0.2) is 4.79 Å². The second-order valence-electron chi connectivity index (χ2n) is 13.7. The summed E-state index contributed by atoms with van der Waals surface area (Å²) in [4.78, 5) is 103. The zero-order chi connectivity index (χ0) is 43.5. The zero-order valence-corrected chi connectivity index (χ0v) is 32.5. The summed E-state index contributed by atoms with van der Waals surface area (Å²) in [5.74, 6) is -8.32. The number of aliphatic hydroxyl groups is 2. The van der Waals surface area contributed by atoms with Crippen LogP contribution in [-0.2, 0) is 51.2 Å². The molecule has 0 aromatic heterocycles. The number of benzene rings is 2. The standard InChI is InChI=1S/C38H54N8O12/c1-4-20(2)31(37(56)45-29(19-48)38(57)58)46-36(55)28(18-47)44-34(53)26(14-15-30(40)50)42-35(54)27(17-22-8-6-5-7-9-22)43-32(51)21(3)41-33(52)25(39)16-23-10-12-24(49)13-11-23/h5-13,20-21,25-29,31,47-49H,4,14-19,39H2,1-3H3,(H2,40,50)(H,41,52)(H,42,54)(H,43,51)(H,44,53)(H,45,56)(H,46,55)(H,57,58)/t20-,21-,25-,26-,27-,28-,29-,31-/m0/s1. The molecule has 8 atom stereocenters. The van der Waals surface area contributed by atoms with Gasteiger partial charge in [0.2, 0.25) is 41.4 Å². The Hall–Kier alpha value is -6.12. The highest BCUT2D eigenvalue weighted by Gasteiger charge is 2.34. The van der Waals surface area contributed by atoms with Gasteiger partial charge in [-0.05, 0) is 48.9 Å². The van der Waals surface area contributed by atoms with E-state index in [0.29, 0.717) is 17.5 Å². The van der Waals surface area contributed by atoms with E-state index < -0.39 is 115 Å². The first-order valence-electron chi connectivity index (χ1n) is 18.5. The quantitative estimate of drug-likeness (QED) is 0.0498. The summed E-state index contributed by atoms with van der Waals surface area (Å²) in [6, 6.07) is 4.63. The van der Waals surface area contributed by atoms with E-state index in [2.05, 4.69) is 31.9 Å². The van der Waals surface area contributed by atoms with Crippen LogP contribution in [0.15, 0.2) is 54.6 Å². The Bertz CT molecular complexity index is 1730. The van der Waals surface area contributed by atoms with Crippen LogP contribution in [0.2, 0.25) is 0 Å². The van der Waals surface area contributed by atoms with Gasteiger partial charge >= 0.3 is 5.97 Å². The Morgan fingerprint density at radius 2 is 1.14 bits per heavy atom. The summed E-state index contributed by atoms with van der Waals surface area (Å²) in [5, 5.41) is 52.4. The number of phenols is 1. The smallest absolute Gasteiger partial charge is 0.328 e. The number of amides is 7. The number of carboxylic acid groups (broad SMARTS) is 1. The number of hydrogen-bond acceptors (Lipinski definition) is 12. The highest BCUT2D eigenvalue weighted by Crippen LogP contribution is 2.12. The highest BCUT2D eigenvalue weighted by atomic mass is 16.4. The predicted molar refractivity (Wildman–Crippen MR) is 207 cm³/mol. The number of nitrogens with two attached hydrogens (primary N) is 2. The average molecular weight is 815 g/mol. The second-order valence-corrected chi connectivity index (χ2v) is 13.7. The molecule has 0 fully saturated rings. The first-order valence-corrected chi connectivity index (χ1v) is 18.5. The lowest BCUT2D eigenvalue weighted by atomic mass is 9.97. The number of aliphatic carboxylic acids is 1. The number of rotatable bonds is 24. The van der Waals surface area contributed by atoms with Crippen LogP contribution < -0.4 is 43.4 Å². The molecular formula is C38H54N8O12. The SMILES string of the molecule is CC[C@H](C)[C@H](NC(=O)[C@H](CO)NC(=O)[C@H](CCC(N)=O)NC(=O)[C@H](Cc1ccccc1)NC(=O)[C@H](C)NC(=O)[C@@H](N)Cc1ccc(O)cc1)C(=O)N[C@@H](CO)C(=O)O. The zero-order valence-electron chi connectivity index (χ0n) is 32.5. The molecule has 14 N–H and O–H groups in total. The van der Waals surface area contributed by atoms with Crippen molar-refractivity contribution in [3.63, 3.8) is 0 Å². The highest BCUT2D eigenvalue weighted by molar-refractivity contribution is 5.97. The van der Waals surface area contributed by atoms with Crippen LogP contribution in [0.5, 0.6) is 5.75 Å². The molecule has 0 spiro atoms. The van der Waals surface area contributed by atoms with Crippen molar-refractivity contribution in [1.29, 1.82) is 0 Å². The Balaban J connectivity index is 2.25. The summed E-state index contributed by atoms with van der Waals surface area (Å²) in [6.45, 7) is 2.71. The molecule has 58 heavy (non-hydrogen) atoms. The van der Waals surface area contributed by atoms with Crippen LogP contribution in [0.4, 0.5) is 0 Å². The maximum absolute atomic E-state index is 13.8. The average Bonchev–Trinajstić information content (AvgIpc) is 3.19. The van der Waals surface area contributed by atoms with Crippen molar-refractivity contribution >= 4 is 47.3 Å². The van der Waals surface area contributed by atoms with E-state index in [4.69, 9.17) is 11.5 Å². The van der Waals surface area contributed by atoms with Gasteiger partial charge in [-0.1, -0.05) is 62.7 Å². The van der Waals surface area contributed by atoms with Crippen LogP contribution in [-0.4, -0.2) is 123 Å². The number of carbonyl (C=O) groups is 8. The molecule has 0 aliphatic carbocycles. The van der Waals surface area contributed by atoms with Crippen molar-refractivity contribution in [3.8, 4) is 5.75 Å². The van der Waals surface area contributed by atoms with E-state index in [-0.39, 0.29) is 25.0 Å². The van der Waals surface area contributed by atoms with Crippen molar-refractivity contribution in [1.82, 2.24) is 31.9 Å². The number of carbonyl (C=O) groups excluding carboxylic acids is 7.